The van der Waals surface area contributed by atoms with Crippen molar-refractivity contribution in [3.8, 4) is 17.2 Å². The number of carbonyl (C=O) groups is 1. The highest BCUT2D eigenvalue weighted by Crippen LogP contribution is 2.28. The first-order valence-electron chi connectivity index (χ1n) is 9.46. The second-order valence-corrected chi connectivity index (χ2v) is 7.12. The van der Waals surface area contributed by atoms with Crippen molar-refractivity contribution in [2.24, 2.45) is 0 Å². The molecule has 5 nitrogen and oxygen atoms in total. The largest absolute Gasteiger partial charge is 0.483 e. The minimum Gasteiger partial charge on any atom is -0.483 e. The van der Waals surface area contributed by atoms with Gasteiger partial charge in [0.2, 0.25) is 5.89 Å². The maximum absolute atomic E-state index is 12.3. The number of nitrogens with zero attached hydrogens (tertiary/aromatic N) is 1. The van der Waals surface area contributed by atoms with Crippen LogP contribution < -0.4 is 10.1 Å². The monoisotopic (exact) mass is 386 g/mol. The average molecular weight is 386 g/mol. The van der Waals surface area contributed by atoms with E-state index < -0.39 is 0 Å². The van der Waals surface area contributed by atoms with Crippen molar-refractivity contribution in [2.45, 2.75) is 20.8 Å². The van der Waals surface area contributed by atoms with Crippen LogP contribution in [0, 0.1) is 20.8 Å². The molecule has 0 aliphatic rings. The number of ether oxygens (including phenoxy) is 1. The number of nitrogens with one attached hydrogen (secondary N) is 1. The quantitative estimate of drug-likeness (QED) is 0.496. The first-order valence-corrected chi connectivity index (χ1v) is 9.46. The van der Waals surface area contributed by atoms with Crippen LogP contribution in [0.3, 0.4) is 0 Å². The summed E-state index contributed by atoms with van der Waals surface area (Å²) < 4.78 is 11.6. The molecule has 0 unspecified atom stereocenters. The van der Waals surface area contributed by atoms with Crippen LogP contribution in [0.5, 0.6) is 5.75 Å². The molecule has 0 aliphatic carbocycles. The van der Waals surface area contributed by atoms with E-state index in [1.54, 1.807) is 6.07 Å². The molecule has 0 saturated carbocycles. The molecule has 1 amide bonds. The van der Waals surface area contributed by atoms with Gasteiger partial charge in [-0.25, -0.2) is 4.98 Å². The van der Waals surface area contributed by atoms with E-state index in [-0.39, 0.29) is 12.5 Å². The molecule has 1 heterocycles. The standard InChI is InChI=1S/C24H22N2O3/c1-15-8-9-17(3)21(12-15)28-14-23(27)25-18-10-11-20-22(13-18)29-24(26-20)19-7-5-4-6-16(19)2/h4-13H,14H2,1-3H3,(H,25,27). The van der Waals surface area contributed by atoms with Crippen LogP contribution in [0.15, 0.2) is 65.1 Å². The minimum absolute atomic E-state index is 0.0623. The summed E-state index contributed by atoms with van der Waals surface area (Å²) in [5.74, 6) is 1.05. The highest BCUT2D eigenvalue weighted by molar-refractivity contribution is 5.94. The van der Waals surface area contributed by atoms with Gasteiger partial charge in [-0.2, -0.15) is 0 Å². The number of fused-ring (bicyclic) bond motifs is 1. The first-order chi connectivity index (χ1) is 14.0. The van der Waals surface area contributed by atoms with Crippen molar-refractivity contribution in [1.29, 1.82) is 0 Å². The fraction of sp³-hybridized carbons (Fsp3) is 0.167. The Morgan fingerprint density at radius 3 is 2.66 bits per heavy atom. The number of anilines is 1. The molecule has 4 rings (SSSR count). The van der Waals surface area contributed by atoms with E-state index in [2.05, 4.69) is 10.3 Å². The Balaban J connectivity index is 1.47. The Kier molecular flexibility index (Phi) is 5.04. The molecule has 29 heavy (non-hydrogen) atoms. The van der Waals surface area contributed by atoms with Crippen LogP contribution in [0.4, 0.5) is 5.69 Å². The van der Waals surface area contributed by atoms with E-state index in [0.717, 1.165) is 27.8 Å². The third-order valence-corrected chi connectivity index (χ3v) is 4.75. The van der Waals surface area contributed by atoms with E-state index in [0.29, 0.717) is 22.9 Å². The van der Waals surface area contributed by atoms with Gasteiger partial charge in [-0.3, -0.25) is 4.79 Å². The number of benzene rings is 3. The number of hydrogen-bond donors (Lipinski definition) is 1. The van der Waals surface area contributed by atoms with E-state index in [9.17, 15) is 4.79 Å². The van der Waals surface area contributed by atoms with Crippen LogP contribution >= 0.6 is 0 Å². The van der Waals surface area contributed by atoms with Crippen LogP contribution in [0.2, 0.25) is 0 Å². The second-order valence-electron chi connectivity index (χ2n) is 7.12. The van der Waals surface area contributed by atoms with Crippen LogP contribution in [-0.2, 0) is 4.79 Å². The molecular weight excluding hydrogens is 364 g/mol. The van der Waals surface area contributed by atoms with Crippen molar-refractivity contribution < 1.29 is 13.9 Å². The first kappa shape index (κ1) is 18.7. The molecule has 0 spiro atoms. The maximum atomic E-state index is 12.3. The maximum Gasteiger partial charge on any atom is 0.262 e. The Morgan fingerprint density at radius 2 is 1.83 bits per heavy atom. The summed E-state index contributed by atoms with van der Waals surface area (Å²) in [6.07, 6.45) is 0. The molecule has 3 aromatic carbocycles. The summed E-state index contributed by atoms with van der Waals surface area (Å²) in [4.78, 5) is 16.9. The van der Waals surface area contributed by atoms with Gasteiger partial charge < -0.3 is 14.5 Å². The second kappa shape index (κ2) is 7.80. The van der Waals surface area contributed by atoms with Gasteiger partial charge in [0.25, 0.3) is 5.91 Å². The number of amides is 1. The molecule has 0 atom stereocenters. The number of rotatable bonds is 5. The lowest BCUT2D eigenvalue weighted by Gasteiger charge is -2.10. The molecule has 5 heteroatoms. The molecule has 0 saturated heterocycles. The predicted molar refractivity (Wildman–Crippen MR) is 114 cm³/mol. The van der Waals surface area contributed by atoms with Crippen molar-refractivity contribution in [1.82, 2.24) is 4.98 Å². The number of aromatic nitrogens is 1. The highest BCUT2D eigenvalue weighted by atomic mass is 16.5. The summed E-state index contributed by atoms with van der Waals surface area (Å²) in [5, 5.41) is 2.85. The van der Waals surface area contributed by atoms with Crippen molar-refractivity contribution in [2.75, 3.05) is 11.9 Å². The van der Waals surface area contributed by atoms with Gasteiger partial charge in [-0.15, -0.1) is 0 Å². The smallest absolute Gasteiger partial charge is 0.262 e. The number of carbonyl (C=O) groups excluding carboxylic acids is 1. The van der Waals surface area contributed by atoms with E-state index in [1.165, 1.54) is 0 Å². The number of hydrogen-bond acceptors (Lipinski definition) is 4. The summed E-state index contributed by atoms with van der Waals surface area (Å²) in [6.45, 7) is 5.90. The molecular formula is C24H22N2O3. The zero-order chi connectivity index (χ0) is 20.4. The van der Waals surface area contributed by atoms with Gasteiger partial charge in [0.1, 0.15) is 11.3 Å². The topological polar surface area (TPSA) is 64.4 Å². The predicted octanol–water partition coefficient (Wildman–Crippen LogP) is 5.44. The number of oxazole rings is 1. The summed E-state index contributed by atoms with van der Waals surface area (Å²) >= 11 is 0. The van der Waals surface area contributed by atoms with Gasteiger partial charge >= 0.3 is 0 Å². The number of aryl methyl sites for hydroxylation is 3. The van der Waals surface area contributed by atoms with E-state index >= 15 is 0 Å². The third kappa shape index (κ3) is 4.14. The fourth-order valence-electron chi connectivity index (χ4n) is 3.13. The lowest BCUT2D eigenvalue weighted by Crippen LogP contribution is -2.20. The lowest BCUT2D eigenvalue weighted by atomic mass is 10.1. The Morgan fingerprint density at radius 1 is 1.00 bits per heavy atom. The minimum atomic E-state index is -0.233. The molecule has 0 aliphatic heterocycles. The molecule has 0 fully saturated rings. The van der Waals surface area contributed by atoms with Gasteiger partial charge in [0, 0.05) is 17.3 Å². The Bertz CT molecular complexity index is 1190. The van der Waals surface area contributed by atoms with Gasteiger partial charge in [-0.1, -0.05) is 30.3 Å². The Hall–Kier alpha value is -3.60. The summed E-state index contributed by atoms with van der Waals surface area (Å²) in [5.41, 5.74) is 6.14. The zero-order valence-electron chi connectivity index (χ0n) is 16.7. The van der Waals surface area contributed by atoms with Crippen LogP contribution in [-0.4, -0.2) is 17.5 Å². The van der Waals surface area contributed by atoms with Crippen molar-refractivity contribution in [3.05, 3.63) is 77.4 Å². The average Bonchev–Trinajstić information content (AvgIpc) is 3.12. The van der Waals surface area contributed by atoms with Gasteiger partial charge in [0.05, 0.1) is 0 Å². The van der Waals surface area contributed by atoms with E-state index in [1.807, 2.05) is 75.4 Å². The fourth-order valence-corrected chi connectivity index (χ4v) is 3.13. The Labute approximate surface area is 169 Å². The van der Waals surface area contributed by atoms with Crippen LogP contribution in [0.1, 0.15) is 16.7 Å². The third-order valence-electron chi connectivity index (χ3n) is 4.75. The van der Waals surface area contributed by atoms with Crippen molar-refractivity contribution >= 4 is 22.7 Å². The highest BCUT2D eigenvalue weighted by Gasteiger charge is 2.12. The summed E-state index contributed by atoms with van der Waals surface area (Å²) in [6, 6.07) is 19.3. The summed E-state index contributed by atoms with van der Waals surface area (Å²) in [7, 11) is 0. The molecule has 1 aromatic heterocycles. The molecule has 0 radical (unpaired) electrons. The van der Waals surface area contributed by atoms with Gasteiger partial charge in [-0.05, 0) is 61.7 Å². The zero-order valence-corrected chi connectivity index (χ0v) is 16.7. The van der Waals surface area contributed by atoms with Gasteiger partial charge in [0.15, 0.2) is 12.2 Å². The lowest BCUT2D eigenvalue weighted by molar-refractivity contribution is -0.118. The normalized spacial score (nSPS) is 10.9. The van der Waals surface area contributed by atoms with E-state index in [4.69, 9.17) is 9.15 Å². The molecule has 1 N–H and O–H groups in total. The molecule has 146 valence electrons. The molecule has 4 aromatic rings. The van der Waals surface area contributed by atoms with Crippen molar-refractivity contribution in [3.63, 3.8) is 0 Å². The molecule has 0 bridgehead atoms. The SMILES string of the molecule is Cc1ccc(C)c(OCC(=O)Nc2ccc3nc(-c4ccccc4C)oc3c2)c1. The van der Waals surface area contributed by atoms with Crippen LogP contribution in [0.25, 0.3) is 22.6 Å².